The Kier molecular flexibility index (Phi) is 7.35. The van der Waals surface area contributed by atoms with Gasteiger partial charge in [-0.1, -0.05) is 37.3 Å². The molecule has 0 aliphatic carbocycles. The van der Waals surface area contributed by atoms with Crippen LogP contribution < -0.4 is 5.32 Å². The van der Waals surface area contributed by atoms with Gasteiger partial charge in [0.2, 0.25) is 0 Å². The Balaban J connectivity index is 2.26. The van der Waals surface area contributed by atoms with Crippen LogP contribution in [0.15, 0.2) is 30.3 Å². The molecule has 0 saturated carbocycles. The summed E-state index contributed by atoms with van der Waals surface area (Å²) in [6.45, 7) is 3.40. The molecule has 1 N–H and O–H groups in total. The Hall–Kier alpha value is -0.470. The van der Waals surface area contributed by atoms with Gasteiger partial charge in [0.05, 0.1) is 0 Å². The molecule has 0 heterocycles. The highest BCUT2D eigenvalue weighted by atomic mass is 32.2. The van der Waals surface area contributed by atoms with Gasteiger partial charge < -0.3 is 5.32 Å². The molecule has 1 nitrogen and oxygen atoms in total. The van der Waals surface area contributed by atoms with Crippen LogP contribution in [0.4, 0.5) is 0 Å². The van der Waals surface area contributed by atoms with Crippen LogP contribution in [0.25, 0.3) is 0 Å². The fraction of sp³-hybridized carbons (Fsp3) is 0.571. The number of benzene rings is 1. The van der Waals surface area contributed by atoms with Gasteiger partial charge in [-0.05, 0) is 43.4 Å². The predicted molar refractivity (Wildman–Crippen MR) is 75.2 cm³/mol. The molecule has 0 radical (unpaired) electrons. The maximum atomic E-state index is 3.64. The normalized spacial score (nSPS) is 12.6. The first-order valence-corrected chi connectivity index (χ1v) is 7.52. The maximum absolute atomic E-state index is 3.64. The van der Waals surface area contributed by atoms with Gasteiger partial charge in [-0.2, -0.15) is 11.8 Å². The summed E-state index contributed by atoms with van der Waals surface area (Å²) in [5.41, 5.74) is 1.44. The third kappa shape index (κ3) is 5.57. The van der Waals surface area contributed by atoms with Crippen molar-refractivity contribution < 1.29 is 0 Å². The van der Waals surface area contributed by atoms with E-state index in [1.165, 1.54) is 24.2 Å². The minimum Gasteiger partial charge on any atom is -0.314 e. The number of rotatable bonds is 8. The average molecular weight is 237 g/mol. The number of nitrogens with one attached hydrogen (secondary N) is 1. The highest BCUT2D eigenvalue weighted by Gasteiger charge is 2.05. The Morgan fingerprint density at radius 1 is 1.25 bits per heavy atom. The van der Waals surface area contributed by atoms with E-state index in [2.05, 4.69) is 48.8 Å². The second-order valence-corrected chi connectivity index (χ2v) is 5.08. The minimum absolute atomic E-state index is 0.629. The fourth-order valence-electron chi connectivity index (χ4n) is 1.78. The van der Waals surface area contributed by atoms with E-state index in [-0.39, 0.29) is 0 Å². The van der Waals surface area contributed by atoms with E-state index < -0.39 is 0 Å². The van der Waals surface area contributed by atoms with E-state index in [0.29, 0.717) is 6.04 Å². The number of hydrogen-bond donors (Lipinski definition) is 1. The molecule has 0 spiro atoms. The zero-order chi connectivity index (χ0) is 11.6. The van der Waals surface area contributed by atoms with Gasteiger partial charge in [-0.3, -0.25) is 0 Å². The molecule has 0 aliphatic heterocycles. The molecule has 16 heavy (non-hydrogen) atoms. The summed E-state index contributed by atoms with van der Waals surface area (Å²) in [5, 5.41) is 3.64. The van der Waals surface area contributed by atoms with Gasteiger partial charge in [-0.25, -0.2) is 0 Å². The van der Waals surface area contributed by atoms with Crippen LogP contribution in [-0.4, -0.2) is 24.6 Å². The van der Waals surface area contributed by atoms with Crippen molar-refractivity contribution in [3.8, 4) is 0 Å². The molecule has 1 aromatic rings. The third-order valence-corrected chi connectivity index (χ3v) is 3.47. The zero-order valence-corrected chi connectivity index (χ0v) is 11.2. The largest absolute Gasteiger partial charge is 0.314 e. The number of hydrogen-bond acceptors (Lipinski definition) is 2. The smallest absolute Gasteiger partial charge is 0.0105 e. The lowest BCUT2D eigenvalue weighted by Gasteiger charge is -2.16. The summed E-state index contributed by atoms with van der Waals surface area (Å²) < 4.78 is 0. The first kappa shape index (κ1) is 13.6. The number of thioether (sulfide) groups is 1. The molecule has 0 aliphatic rings. The van der Waals surface area contributed by atoms with Crippen LogP contribution in [0, 0.1) is 0 Å². The van der Waals surface area contributed by atoms with Crippen molar-refractivity contribution in [3.63, 3.8) is 0 Å². The summed E-state index contributed by atoms with van der Waals surface area (Å²) in [6.07, 6.45) is 5.79. The molecule has 90 valence electrons. The van der Waals surface area contributed by atoms with Crippen molar-refractivity contribution in [2.45, 2.75) is 32.2 Å². The summed E-state index contributed by atoms with van der Waals surface area (Å²) in [5.74, 6) is 1.26. The van der Waals surface area contributed by atoms with Crippen molar-refractivity contribution in [1.29, 1.82) is 0 Å². The Morgan fingerprint density at radius 3 is 2.62 bits per heavy atom. The quantitative estimate of drug-likeness (QED) is 0.696. The molecule has 0 aromatic heterocycles. The van der Waals surface area contributed by atoms with E-state index in [4.69, 9.17) is 0 Å². The molecule has 1 rings (SSSR count). The van der Waals surface area contributed by atoms with Gasteiger partial charge in [0, 0.05) is 6.04 Å². The van der Waals surface area contributed by atoms with Crippen molar-refractivity contribution in [1.82, 2.24) is 5.32 Å². The van der Waals surface area contributed by atoms with Crippen molar-refractivity contribution in [2.24, 2.45) is 0 Å². The summed E-state index contributed by atoms with van der Waals surface area (Å²) >= 11 is 1.92. The Morgan fingerprint density at radius 2 is 2.00 bits per heavy atom. The van der Waals surface area contributed by atoms with E-state index in [0.717, 1.165) is 13.0 Å². The van der Waals surface area contributed by atoms with Crippen LogP contribution in [-0.2, 0) is 6.42 Å². The Bertz CT molecular complexity index is 261. The van der Waals surface area contributed by atoms with Crippen LogP contribution in [0.2, 0.25) is 0 Å². The highest BCUT2D eigenvalue weighted by molar-refractivity contribution is 7.98. The molecule has 0 saturated heterocycles. The summed E-state index contributed by atoms with van der Waals surface area (Å²) in [7, 11) is 0. The van der Waals surface area contributed by atoms with Crippen LogP contribution in [0.5, 0.6) is 0 Å². The van der Waals surface area contributed by atoms with Gasteiger partial charge in [-0.15, -0.1) is 0 Å². The second-order valence-electron chi connectivity index (χ2n) is 4.10. The fourth-order valence-corrected chi connectivity index (χ4v) is 2.22. The van der Waals surface area contributed by atoms with Crippen molar-refractivity contribution in [2.75, 3.05) is 18.6 Å². The molecule has 0 bridgehead atoms. The lowest BCUT2D eigenvalue weighted by molar-refractivity contribution is 0.496. The first-order valence-electron chi connectivity index (χ1n) is 6.13. The van der Waals surface area contributed by atoms with Crippen molar-refractivity contribution in [3.05, 3.63) is 35.9 Å². The van der Waals surface area contributed by atoms with Gasteiger partial charge in [0.15, 0.2) is 0 Å². The van der Waals surface area contributed by atoms with Crippen molar-refractivity contribution >= 4 is 11.8 Å². The van der Waals surface area contributed by atoms with E-state index in [1.54, 1.807) is 0 Å². The Labute approximate surface area is 104 Å². The van der Waals surface area contributed by atoms with E-state index in [9.17, 15) is 0 Å². The van der Waals surface area contributed by atoms with Crippen LogP contribution in [0.3, 0.4) is 0 Å². The lowest BCUT2D eigenvalue weighted by atomic mass is 10.0. The maximum Gasteiger partial charge on any atom is 0.0105 e. The van der Waals surface area contributed by atoms with Crippen LogP contribution >= 0.6 is 11.8 Å². The topological polar surface area (TPSA) is 12.0 Å². The molecule has 2 heteroatoms. The summed E-state index contributed by atoms with van der Waals surface area (Å²) in [6, 6.07) is 11.4. The van der Waals surface area contributed by atoms with Gasteiger partial charge >= 0.3 is 0 Å². The molecule has 0 fully saturated rings. The molecular weight excluding hydrogens is 214 g/mol. The third-order valence-electron chi connectivity index (χ3n) is 2.78. The average Bonchev–Trinajstić information content (AvgIpc) is 2.34. The van der Waals surface area contributed by atoms with Gasteiger partial charge in [0.1, 0.15) is 0 Å². The molecule has 1 aromatic carbocycles. The van der Waals surface area contributed by atoms with Gasteiger partial charge in [0.25, 0.3) is 0 Å². The van der Waals surface area contributed by atoms with Crippen LogP contribution in [0.1, 0.15) is 25.3 Å². The standard InChI is InChI=1S/C14H23NS/c1-3-14(15-10-7-11-16-2)12-13-8-5-4-6-9-13/h4-6,8-9,14-15H,3,7,10-12H2,1-2H3. The minimum atomic E-state index is 0.629. The highest BCUT2D eigenvalue weighted by Crippen LogP contribution is 2.05. The summed E-state index contributed by atoms with van der Waals surface area (Å²) in [4.78, 5) is 0. The first-order chi connectivity index (χ1) is 7.86. The molecule has 0 amide bonds. The molecule has 1 atom stereocenters. The predicted octanol–water partition coefficient (Wildman–Crippen LogP) is 3.35. The monoisotopic (exact) mass is 237 g/mol. The second kappa shape index (κ2) is 8.66. The molecule has 1 unspecified atom stereocenters. The molecular formula is C14H23NS. The SMILES string of the molecule is CCC(Cc1ccccc1)NCCCSC. The zero-order valence-electron chi connectivity index (χ0n) is 10.4. The van der Waals surface area contributed by atoms with E-state index in [1.807, 2.05) is 11.8 Å². The lowest BCUT2D eigenvalue weighted by Crippen LogP contribution is -2.31. The van der Waals surface area contributed by atoms with E-state index >= 15 is 0 Å².